The van der Waals surface area contributed by atoms with Gasteiger partial charge in [0, 0.05) is 6.42 Å². The molecule has 2 nitrogen and oxygen atoms in total. The maximum absolute atomic E-state index is 11.6. The van der Waals surface area contributed by atoms with Gasteiger partial charge in [0.25, 0.3) is 0 Å². The Bertz CT molecular complexity index is 201. The molecule has 1 fully saturated rings. The molecule has 74 valence electrons. The summed E-state index contributed by atoms with van der Waals surface area (Å²) in [6.45, 7) is 2.47. The van der Waals surface area contributed by atoms with Crippen molar-refractivity contribution in [3.05, 3.63) is 0 Å². The summed E-state index contributed by atoms with van der Waals surface area (Å²) in [6, 6.07) is 0. The second kappa shape index (κ2) is 5.32. The Morgan fingerprint density at radius 2 is 2.31 bits per heavy atom. The lowest BCUT2D eigenvalue weighted by molar-refractivity contribution is -0.121. The first kappa shape index (κ1) is 10.6. The number of rotatable bonds is 2. The molecule has 0 amide bonds. The Morgan fingerprint density at radius 1 is 1.54 bits per heavy atom. The molecule has 13 heavy (non-hydrogen) atoms. The van der Waals surface area contributed by atoms with Gasteiger partial charge in [0.2, 0.25) is 0 Å². The second-order valence-electron chi connectivity index (χ2n) is 3.37. The van der Waals surface area contributed by atoms with Crippen LogP contribution in [0.1, 0.15) is 39.0 Å². The zero-order valence-corrected chi connectivity index (χ0v) is 8.86. The van der Waals surface area contributed by atoms with E-state index in [0.717, 1.165) is 25.7 Å². The van der Waals surface area contributed by atoms with E-state index >= 15 is 0 Å². The summed E-state index contributed by atoms with van der Waals surface area (Å²) < 4.78 is 5.22. The number of hydrogen-bond acceptors (Lipinski definition) is 3. The molecular formula is C10H16O2S. The van der Waals surface area contributed by atoms with Gasteiger partial charge in [0.1, 0.15) is 5.78 Å². The summed E-state index contributed by atoms with van der Waals surface area (Å²) in [7, 11) is 0. The number of ketones is 1. The number of hydrogen-bond donors (Lipinski definition) is 0. The topological polar surface area (TPSA) is 26.3 Å². The molecule has 0 bridgehead atoms. The minimum atomic E-state index is -0.0996. The SMILES string of the molecule is CCOC(=S)C1CCCCCC1=O. The van der Waals surface area contributed by atoms with Gasteiger partial charge < -0.3 is 4.74 Å². The third-order valence-corrected chi connectivity index (χ3v) is 2.78. The predicted molar refractivity (Wildman–Crippen MR) is 55.8 cm³/mol. The van der Waals surface area contributed by atoms with Crippen molar-refractivity contribution >= 4 is 23.1 Å². The van der Waals surface area contributed by atoms with Crippen LogP contribution in [0.4, 0.5) is 0 Å². The van der Waals surface area contributed by atoms with Gasteiger partial charge in [-0.25, -0.2) is 0 Å². The molecule has 0 heterocycles. The lowest BCUT2D eigenvalue weighted by atomic mass is 10.0. The van der Waals surface area contributed by atoms with Crippen molar-refractivity contribution in [2.24, 2.45) is 5.92 Å². The molecule has 0 spiro atoms. The van der Waals surface area contributed by atoms with Crippen molar-refractivity contribution in [2.75, 3.05) is 6.61 Å². The van der Waals surface area contributed by atoms with Crippen molar-refractivity contribution in [1.29, 1.82) is 0 Å². The van der Waals surface area contributed by atoms with Crippen LogP contribution in [0, 0.1) is 5.92 Å². The molecule has 0 aromatic carbocycles. The molecule has 1 unspecified atom stereocenters. The van der Waals surface area contributed by atoms with Crippen molar-refractivity contribution in [1.82, 2.24) is 0 Å². The summed E-state index contributed by atoms with van der Waals surface area (Å²) in [4.78, 5) is 11.6. The molecule has 1 atom stereocenters. The Balaban J connectivity index is 2.53. The number of carbonyl (C=O) groups is 1. The normalized spacial score (nSPS) is 23.8. The second-order valence-corrected chi connectivity index (χ2v) is 3.77. The van der Waals surface area contributed by atoms with E-state index in [2.05, 4.69) is 0 Å². The maximum atomic E-state index is 11.6. The van der Waals surface area contributed by atoms with Gasteiger partial charge in [0.15, 0.2) is 5.05 Å². The van der Waals surface area contributed by atoms with Crippen molar-refractivity contribution in [3.63, 3.8) is 0 Å². The Hall–Kier alpha value is -0.440. The monoisotopic (exact) mass is 200 g/mol. The van der Waals surface area contributed by atoms with Crippen LogP contribution in [0.15, 0.2) is 0 Å². The van der Waals surface area contributed by atoms with Crippen LogP contribution in [-0.2, 0) is 9.53 Å². The quantitative estimate of drug-likeness (QED) is 0.506. The summed E-state index contributed by atoms with van der Waals surface area (Å²) in [5.41, 5.74) is 0. The number of carbonyl (C=O) groups excluding carboxylic acids is 1. The van der Waals surface area contributed by atoms with Gasteiger partial charge in [0.05, 0.1) is 12.5 Å². The molecule has 0 aromatic heterocycles. The predicted octanol–water partition coefficient (Wildman–Crippen LogP) is 2.50. The average molecular weight is 200 g/mol. The summed E-state index contributed by atoms with van der Waals surface area (Å²) in [5, 5.41) is 0.509. The number of Topliss-reactive ketones (excluding diaryl/α,β-unsaturated/α-hetero) is 1. The summed E-state index contributed by atoms with van der Waals surface area (Å²) in [6.07, 6.45) is 4.83. The first-order chi connectivity index (χ1) is 6.25. The fourth-order valence-corrected chi connectivity index (χ4v) is 2.02. The van der Waals surface area contributed by atoms with Crippen LogP contribution < -0.4 is 0 Å². The van der Waals surface area contributed by atoms with E-state index in [4.69, 9.17) is 17.0 Å². The summed E-state index contributed by atoms with van der Waals surface area (Å²) in [5.74, 6) is 0.174. The molecule has 0 radical (unpaired) electrons. The lowest BCUT2D eigenvalue weighted by Crippen LogP contribution is -2.23. The number of thiocarbonyl (C=S) groups is 1. The largest absolute Gasteiger partial charge is 0.487 e. The zero-order valence-electron chi connectivity index (χ0n) is 8.04. The molecule has 0 saturated heterocycles. The van der Waals surface area contributed by atoms with E-state index in [9.17, 15) is 4.79 Å². The van der Waals surface area contributed by atoms with E-state index in [-0.39, 0.29) is 11.7 Å². The third-order valence-electron chi connectivity index (χ3n) is 2.38. The number of ether oxygens (including phenoxy) is 1. The van der Waals surface area contributed by atoms with Crippen molar-refractivity contribution < 1.29 is 9.53 Å². The third kappa shape index (κ3) is 3.07. The van der Waals surface area contributed by atoms with E-state index in [0.29, 0.717) is 18.1 Å². The zero-order chi connectivity index (χ0) is 9.68. The minimum Gasteiger partial charge on any atom is -0.487 e. The molecular weight excluding hydrogens is 184 g/mol. The van der Waals surface area contributed by atoms with Gasteiger partial charge in [-0.15, -0.1) is 0 Å². The molecule has 3 heteroatoms. The maximum Gasteiger partial charge on any atom is 0.170 e. The van der Waals surface area contributed by atoms with Gasteiger partial charge in [-0.3, -0.25) is 4.79 Å². The molecule has 1 aliphatic rings. The molecule has 1 aliphatic carbocycles. The molecule has 1 rings (SSSR count). The first-order valence-electron chi connectivity index (χ1n) is 4.95. The Labute approximate surface area is 84.7 Å². The lowest BCUT2D eigenvalue weighted by Gasteiger charge is -2.13. The van der Waals surface area contributed by atoms with Crippen LogP contribution in [0.3, 0.4) is 0 Å². The van der Waals surface area contributed by atoms with E-state index < -0.39 is 0 Å². The summed E-state index contributed by atoms with van der Waals surface area (Å²) >= 11 is 5.07. The standard InChI is InChI=1S/C10H16O2S/c1-2-12-10(13)8-6-4-3-5-7-9(8)11/h8H,2-7H2,1H3. The molecule has 0 aliphatic heterocycles. The highest BCUT2D eigenvalue weighted by Crippen LogP contribution is 2.21. The van der Waals surface area contributed by atoms with E-state index in [1.54, 1.807) is 0 Å². The van der Waals surface area contributed by atoms with Crippen LogP contribution in [0.2, 0.25) is 0 Å². The van der Waals surface area contributed by atoms with Gasteiger partial charge in [-0.05, 0) is 32.0 Å². The molecule has 0 aromatic rings. The van der Waals surface area contributed by atoms with E-state index in [1.165, 1.54) is 0 Å². The molecule has 0 N–H and O–H groups in total. The fourth-order valence-electron chi connectivity index (χ4n) is 1.65. The smallest absolute Gasteiger partial charge is 0.170 e. The molecule has 1 saturated carbocycles. The van der Waals surface area contributed by atoms with Crippen LogP contribution in [0.25, 0.3) is 0 Å². The van der Waals surface area contributed by atoms with Gasteiger partial charge in [-0.1, -0.05) is 12.8 Å². The average Bonchev–Trinajstić information content (AvgIpc) is 2.30. The highest BCUT2D eigenvalue weighted by Gasteiger charge is 2.25. The van der Waals surface area contributed by atoms with Gasteiger partial charge in [-0.2, -0.15) is 0 Å². The Kier molecular flexibility index (Phi) is 4.36. The van der Waals surface area contributed by atoms with Crippen molar-refractivity contribution in [3.8, 4) is 0 Å². The Morgan fingerprint density at radius 3 is 3.00 bits per heavy atom. The van der Waals surface area contributed by atoms with Crippen molar-refractivity contribution in [2.45, 2.75) is 39.0 Å². The minimum absolute atomic E-state index is 0.0996. The van der Waals surface area contributed by atoms with Crippen LogP contribution >= 0.6 is 12.2 Å². The highest BCUT2D eigenvalue weighted by molar-refractivity contribution is 7.80. The van der Waals surface area contributed by atoms with Gasteiger partial charge >= 0.3 is 0 Å². The fraction of sp³-hybridized carbons (Fsp3) is 0.800. The van der Waals surface area contributed by atoms with Crippen LogP contribution in [0.5, 0.6) is 0 Å². The highest BCUT2D eigenvalue weighted by atomic mass is 32.1. The van der Waals surface area contributed by atoms with E-state index in [1.807, 2.05) is 6.92 Å². The first-order valence-corrected chi connectivity index (χ1v) is 5.36. The van der Waals surface area contributed by atoms with Crippen LogP contribution in [-0.4, -0.2) is 17.4 Å².